The third kappa shape index (κ3) is 8.68. The van der Waals surface area contributed by atoms with Crippen LogP contribution < -0.4 is 10.1 Å². The highest BCUT2D eigenvalue weighted by atomic mass is 19.1. The molecule has 1 aliphatic heterocycles. The number of ether oxygens (including phenoxy) is 2. The molecule has 0 bridgehead atoms. The minimum atomic E-state index is -0.487. The summed E-state index contributed by atoms with van der Waals surface area (Å²) in [7, 11) is 0. The van der Waals surface area contributed by atoms with E-state index >= 15 is 0 Å². The fourth-order valence-corrected chi connectivity index (χ4v) is 2.90. The lowest BCUT2D eigenvalue weighted by atomic mass is 10.2. The van der Waals surface area contributed by atoms with Gasteiger partial charge in [-0.1, -0.05) is 12.1 Å². The summed E-state index contributed by atoms with van der Waals surface area (Å²) in [5.74, 6) is -0.239. The van der Waals surface area contributed by atoms with Gasteiger partial charge in [-0.25, -0.2) is 9.18 Å². The van der Waals surface area contributed by atoms with E-state index in [9.17, 15) is 14.0 Å². The van der Waals surface area contributed by atoms with E-state index in [-0.39, 0.29) is 17.7 Å². The quantitative estimate of drug-likeness (QED) is 0.669. The van der Waals surface area contributed by atoms with Gasteiger partial charge in [0.2, 0.25) is 5.91 Å². The molecule has 0 spiro atoms. The third-order valence-electron chi connectivity index (χ3n) is 4.42. The van der Waals surface area contributed by atoms with Crippen molar-refractivity contribution in [2.24, 2.45) is 0 Å². The van der Waals surface area contributed by atoms with Crippen LogP contribution in [-0.2, 0) is 9.53 Å². The number of hydrogen-bond donors (Lipinski definition) is 1. The number of piperazine rings is 1. The molecule has 1 saturated heterocycles. The Morgan fingerprint density at radius 2 is 1.83 bits per heavy atom. The summed E-state index contributed by atoms with van der Waals surface area (Å²) >= 11 is 0. The maximum absolute atomic E-state index is 13.4. The molecule has 0 unspecified atom stereocenters. The van der Waals surface area contributed by atoms with Crippen LogP contribution in [0.15, 0.2) is 24.3 Å². The standard InChI is InChI=1S/C21H32FN3O4/c1-21(2,3)29-20(27)25-14-12-24(13-15-25)11-10-23-19(26)9-6-16-28-18-8-5-4-7-17(18)22/h4-5,7-8H,6,9-16H2,1-3H3,(H,23,26). The maximum atomic E-state index is 13.4. The molecular formula is C21H32FN3O4. The molecule has 0 aromatic heterocycles. The van der Waals surface area contributed by atoms with Crippen LogP contribution in [0.25, 0.3) is 0 Å². The number of para-hydroxylation sites is 1. The molecule has 162 valence electrons. The minimum Gasteiger partial charge on any atom is -0.491 e. The molecule has 2 amide bonds. The van der Waals surface area contributed by atoms with Crippen LogP contribution in [0.1, 0.15) is 33.6 Å². The lowest BCUT2D eigenvalue weighted by Gasteiger charge is -2.35. The Bertz CT molecular complexity index is 670. The van der Waals surface area contributed by atoms with Crippen molar-refractivity contribution in [3.05, 3.63) is 30.1 Å². The highest BCUT2D eigenvalue weighted by Gasteiger charge is 2.25. The second-order valence-corrected chi connectivity index (χ2v) is 8.04. The lowest BCUT2D eigenvalue weighted by molar-refractivity contribution is -0.121. The van der Waals surface area contributed by atoms with Crippen LogP contribution in [0.4, 0.5) is 9.18 Å². The minimum absolute atomic E-state index is 0.0467. The summed E-state index contributed by atoms with van der Waals surface area (Å²) in [4.78, 5) is 27.9. The van der Waals surface area contributed by atoms with Gasteiger partial charge in [-0.05, 0) is 39.3 Å². The average Bonchev–Trinajstić information content (AvgIpc) is 2.66. The van der Waals surface area contributed by atoms with Crippen LogP contribution in [-0.4, -0.2) is 73.3 Å². The number of nitrogens with one attached hydrogen (secondary N) is 1. The molecule has 8 heteroatoms. The highest BCUT2D eigenvalue weighted by molar-refractivity contribution is 5.75. The molecule has 0 atom stereocenters. The molecule has 1 heterocycles. The first-order valence-electron chi connectivity index (χ1n) is 10.1. The van der Waals surface area contributed by atoms with Crippen molar-refractivity contribution in [1.82, 2.24) is 15.1 Å². The first-order valence-corrected chi connectivity index (χ1v) is 10.1. The number of rotatable bonds is 8. The second-order valence-electron chi connectivity index (χ2n) is 8.04. The Morgan fingerprint density at radius 1 is 1.14 bits per heavy atom. The van der Waals surface area contributed by atoms with Crippen molar-refractivity contribution in [2.45, 2.75) is 39.2 Å². The van der Waals surface area contributed by atoms with Gasteiger partial charge >= 0.3 is 6.09 Å². The lowest BCUT2D eigenvalue weighted by Crippen LogP contribution is -2.51. The summed E-state index contributed by atoms with van der Waals surface area (Å²) < 4.78 is 24.1. The average molecular weight is 410 g/mol. The number of halogens is 1. The van der Waals surface area contributed by atoms with Gasteiger partial charge in [-0.15, -0.1) is 0 Å². The molecule has 1 aliphatic rings. The van der Waals surface area contributed by atoms with Gasteiger partial charge in [0.25, 0.3) is 0 Å². The zero-order valence-electron chi connectivity index (χ0n) is 17.6. The number of benzene rings is 1. The van der Waals surface area contributed by atoms with Gasteiger partial charge < -0.3 is 19.7 Å². The molecule has 1 fully saturated rings. The SMILES string of the molecule is CC(C)(C)OC(=O)N1CCN(CCNC(=O)CCCOc2ccccc2F)CC1. The predicted molar refractivity (Wildman–Crippen MR) is 108 cm³/mol. The summed E-state index contributed by atoms with van der Waals surface area (Å²) in [5, 5.41) is 2.89. The van der Waals surface area contributed by atoms with Crippen LogP contribution in [0.3, 0.4) is 0 Å². The van der Waals surface area contributed by atoms with E-state index in [4.69, 9.17) is 9.47 Å². The topological polar surface area (TPSA) is 71.1 Å². The second kappa shape index (κ2) is 11.0. The smallest absolute Gasteiger partial charge is 0.410 e. The van der Waals surface area contributed by atoms with E-state index in [0.29, 0.717) is 39.1 Å². The highest BCUT2D eigenvalue weighted by Crippen LogP contribution is 2.15. The number of hydrogen-bond acceptors (Lipinski definition) is 5. The summed E-state index contributed by atoms with van der Waals surface area (Å²) in [6, 6.07) is 6.22. The van der Waals surface area contributed by atoms with Gasteiger partial charge in [-0.2, -0.15) is 0 Å². The van der Waals surface area contributed by atoms with Gasteiger partial charge in [0, 0.05) is 45.7 Å². The third-order valence-corrected chi connectivity index (χ3v) is 4.42. The molecule has 1 aromatic carbocycles. The number of amides is 2. The largest absolute Gasteiger partial charge is 0.491 e. The van der Waals surface area contributed by atoms with Crippen molar-refractivity contribution in [1.29, 1.82) is 0 Å². The van der Waals surface area contributed by atoms with Crippen LogP contribution in [0.2, 0.25) is 0 Å². The van der Waals surface area contributed by atoms with Crippen LogP contribution in [0.5, 0.6) is 5.75 Å². The van der Waals surface area contributed by atoms with Crippen molar-refractivity contribution >= 4 is 12.0 Å². The Morgan fingerprint density at radius 3 is 2.48 bits per heavy atom. The zero-order valence-corrected chi connectivity index (χ0v) is 17.6. The Balaban J connectivity index is 1.53. The van der Waals surface area contributed by atoms with E-state index < -0.39 is 11.4 Å². The van der Waals surface area contributed by atoms with Crippen LogP contribution >= 0.6 is 0 Å². The Kier molecular flexibility index (Phi) is 8.70. The van der Waals surface area contributed by atoms with Crippen molar-refractivity contribution in [3.8, 4) is 5.75 Å². The van der Waals surface area contributed by atoms with Gasteiger partial charge in [0.1, 0.15) is 5.60 Å². The van der Waals surface area contributed by atoms with Crippen molar-refractivity contribution in [2.75, 3.05) is 45.9 Å². The maximum Gasteiger partial charge on any atom is 0.410 e. The van der Waals surface area contributed by atoms with Gasteiger partial charge in [0.05, 0.1) is 6.61 Å². The molecule has 29 heavy (non-hydrogen) atoms. The van der Waals surface area contributed by atoms with E-state index in [1.165, 1.54) is 6.07 Å². The van der Waals surface area contributed by atoms with Gasteiger partial charge in [-0.3, -0.25) is 9.69 Å². The number of carbonyl (C=O) groups excluding carboxylic acids is 2. The molecule has 1 N–H and O–H groups in total. The predicted octanol–water partition coefficient (Wildman–Crippen LogP) is 2.65. The van der Waals surface area contributed by atoms with Crippen molar-refractivity contribution in [3.63, 3.8) is 0 Å². The summed E-state index contributed by atoms with van der Waals surface area (Å²) in [5.41, 5.74) is -0.487. The van der Waals surface area contributed by atoms with E-state index in [0.717, 1.165) is 19.6 Å². The van der Waals surface area contributed by atoms with E-state index in [2.05, 4.69) is 10.2 Å². The molecule has 0 aliphatic carbocycles. The number of carbonyl (C=O) groups is 2. The number of nitrogens with zero attached hydrogens (tertiary/aromatic N) is 2. The molecule has 2 rings (SSSR count). The van der Waals surface area contributed by atoms with E-state index in [1.807, 2.05) is 20.8 Å². The zero-order chi connectivity index (χ0) is 21.3. The molecule has 0 radical (unpaired) electrons. The Hall–Kier alpha value is -2.35. The first kappa shape index (κ1) is 22.9. The van der Waals surface area contributed by atoms with E-state index in [1.54, 1.807) is 23.1 Å². The Labute approximate surface area is 172 Å². The fourth-order valence-electron chi connectivity index (χ4n) is 2.90. The first-order chi connectivity index (χ1) is 13.7. The normalized spacial score (nSPS) is 15.1. The summed E-state index contributed by atoms with van der Waals surface area (Å²) in [6.45, 7) is 9.91. The fraction of sp³-hybridized carbons (Fsp3) is 0.619. The molecule has 7 nitrogen and oxygen atoms in total. The molecular weight excluding hydrogens is 377 g/mol. The molecule has 0 saturated carbocycles. The monoisotopic (exact) mass is 409 g/mol. The van der Waals surface area contributed by atoms with Gasteiger partial charge in [0.15, 0.2) is 11.6 Å². The van der Waals surface area contributed by atoms with Crippen LogP contribution in [0, 0.1) is 5.82 Å². The van der Waals surface area contributed by atoms with Crippen molar-refractivity contribution < 1.29 is 23.5 Å². The molecule has 1 aromatic rings. The summed E-state index contributed by atoms with van der Waals surface area (Å²) in [6.07, 6.45) is 0.582.